The van der Waals surface area contributed by atoms with Crippen LogP contribution in [0.5, 0.6) is 17.2 Å². The molecule has 4 rings (SSSR count). The highest BCUT2D eigenvalue weighted by molar-refractivity contribution is 5.95. The summed E-state index contributed by atoms with van der Waals surface area (Å²) < 4.78 is 12.1. The normalized spacial score (nSPS) is 17.9. The molecule has 0 aromatic heterocycles. The number of ether oxygens (including phenoxy) is 2. The fourth-order valence-corrected chi connectivity index (χ4v) is 4.02. The molecule has 0 spiro atoms. The van der Waals surface area contributed by atoms with Crippen molar-refractivity contribution in [2.24, 2.45) is 11.5 Å². The summed E-state index contributed by atoms with van der Waals surface area (Å²) >= 11 is 0. The summed E-state index contributed by atoms with van der Waals surface area (Å²) in [5, 5.41) is 3.14. The number of carbonyl (C=O) groups is 1. The van der Waals surface area contributed by atoms with Crippen LogP contribution in [0.3, 0.4) is 0 Å². The average Bonchev–Trinajstić information content (AvgIpc) is 2.85. The maximum Gasteiger partial charge on any atom is 0.251 e. The lowest BCUT2D eigenvalue weighted by Gasteiger charge is -2.26. The average molecular weight is 446 g/mol. The summed E-state index contributed by atoms with van der Waals surface area (Å²) in [4.78, 5) is 13.0. The summed E-state index contributed by atoms with van der Waals surface area (Å²) in [7, 11) is 0. The predicted molar refractivity (Wildman–Crippen MR) is 129 cm³/mol. The standard InChI is InChI=1S/C27H31N3O3/c28-17-19-5-4-6-20(13-19)18-32-25-14-21(27(31)30-23-11-9-22(29)10-12-23)15-26(16-25)33-24-7-2-1-3-8-24/h1-8,13-16,22-23H,9-12,17-18,28-29H2,(H,30,31). The zero-order valence-corrected chi connectivity index (χ0v) is 18.7. The Morgan fingerprint density at radius 3 is 2.33 bits per heavy atom. The molecule has 1 aliphatic carbocycles. The Labute approximate surface area is 194 Å². The highest BCUT2D eigenvalue weighted by Gasteiger charge is 2.21. The van der Waals surface area contributed by atoms with E-state index in [0.717, 1.165) is 36.8 Å². The monoisotopic (exact) mass is 445 g/mol. The fraction of sp³-hybridized carbons (Fsp3) is 0.296. The van der Waals surface area contributed by atoms with Gasteiger partial charge < -0.3 is 26.3 Å². The molecule has 1 amide bonds. The summed E-state index contributed by atoms with van der Waals surface area (Å²) in [6, 6.07) is 23.1. The molecule has 3 aromatic carbocycles. The molecule has 6 nitrogen and oxygen atoms in total. The Balaban J connectivity index is 1.52. The van der Waals surface area contributed by atoms with Crippen molar-refractivity contribution in [1.82, 2.24) is 5.32 Å². The zero-order valence-electron chi connectivity index (χ0n) is 18.7. The number of benzene rings is 3. The first-order chi connectivity index (χ1) is 16.1. The highest BCUT2D eigenvalue weighted by atomic mass is 16.5. The zero-order chi connectivity index (χ0) is 23.0. The predicted octanol–water partition coefficient (Wildman–Crippen LogP) is 4.52. The van der Waals surface area contributed by atoms with Gasteiger partial charge in [-0.15, -0.1) is 0 Å². The van der Waals surface area contributed by atoms with Gasteiger partial charge in [-0.2, -0.15) is 0 Å². The van der Waals surface area contributed by atoms with Crippen LogP contribution in [0.4, 0.5) is 0 Å². The highest BCUT2D eigenvalue weighted by Crippen LogP contribution is 2.28. The Kier molecular flexibility index (Phi) is 7.60. The first kappa shape index (κ1) is 22.8. The third kappa shape index (κ3) is 6.57. The molecule has 0 aliphatic heterocycles. The van der Waals surface area contributed by atoms with Crippen LogP contribution in [0.1, 0.15) is 47.2 Å². The van der Waals surface area contributed by atoms with Gasteiger partial charge in [0.15, 0.2) is 0 Å². The molecule has 1 fully saturated rings. The smallest absolute Gasteiger partial charge is 0.251 e. The number of hydrogen-bond donors (Lipinski definition) is 3. The first-order valence-electron chi connectivity index (χ1n) is 11.4. The maximum absolute atomic E-state index is 13.0. The van der Waals surface area contributed by atoms with Gasteiger partial charge in [0.05, 0.1) is 0 Å². The van der Waals surface area contributed by atoms with Gasteiger partial charge >= 0.3 is 0 Å². The lowest BCUT2D eigenvalue weighted by molar-refractivity contribution is 0.0925. The van der Waals surface area contributed by atoms with E-state index in [9.17, 15) is 4.79 Å². The summed E-state index contributed by atoms with van der Waals surface area (Å²) in [6.07, 6.45) is 3.65. The van der Waals surface area contributed by atoms with Crippen LogP contribution in [0, 0.1) is 0 Å². The third-order valence-electron chi connectivity index (χ3n) is 5.86. The minimum absolute atomic E-state index is 0.135. The minimum atomic E-state index is -0.135. The molecule has 33 heavy (non-hydrogen) atoms. The lowest BCUT2D eigenvalue weighted by atomic mass is 9.91. The molecule has 0 saturated heterocycles. The van der Waals surface area contributed by atoms with Crippen molar-refractivity contribution >= 4 is 5.91 Å². The first-order valence-corrected chi connectivity index (χ1v) is 11.4. The van der Waals surface area contributed by atoms with E-state index >= 15 is 0 Å². The molecule has 6 heteroatoms. The van der Waals surface area contributed by atoms with Crippen LogP contribution in [-0.4, -0.2) is 18.0 Å². The molecular weight excluding hydrogens is 414 g/mol. The molecule has 172 valence electrons. The largest absolute Gasteiger partial charge is 0.489 e. The van der Waals surface area contributed by atoms with Gasteiger partial charge in [0.2, 0.25) is 0 Å². The van der Waals surface area contributed by atoms with E-state index in [1.165, 1.54) is 0 Å². The molecule has 0 heterocycles. The van der Waals surface area contributed by atoms with Crippen molar-refractivity contribution in [3.05, 3.63) is 89.5 Å². The van der Waals surface area contributed by atoms with Gasteiger partial charge in [-0.25, -0.2) is 0 Å². The van der Waals surface area contributed by atoms with Crippen molar-refractivity contribution in [3.8, 4) is 17.2 Å². The molecular formula is C27H31N3O3. The second-order valence-corrected chi connectivity index (χ2v) is 8.51. The topological polar surface area (TPSA) is 99.6 Å². The van der Waals surface area contributed by atoms with Crippen molar-refractivity contribution in [2.75, 3.05) is 0 Å². The molecule has 5 N–H and O–H groups in total. The summed E-state index contributed by atoms with van der Waals surface area (Å²) in [5.74, 6) is 1.67. The Bertz CT molecular complexity index is 1060. The number of rotatable bonds is 8. The van der Waals surface area contributed by atoms with Gasteiger partial charge in [-0.1, -0.05) is 42.5 Å². The van der Waals surface area contributed by atoms with Crippen LogP contribution in [-0.2, 0) is 13.2 Å². The van der Waals surface area contributed by atoms with E-state index in [4.69, 9.17) is 20.9 Å². The molecule has 0 bridgehead atoms. The number of nitrogens with two attached hydrogens (primary N) is 2. The second kappa shape index (κ2) is 11.0. The van der Waals surface area contributed by atoms with E-state index in [2.05, 4.69) is 5.32 Å². The second-order valence-electron chi connectivity index (χ2n) is 8.51. The third-order valence-corrected chi connectivity index (χ3v) is 5.86. The van der Waals surface area contributed by atoms with Crippen molar-refractivity contribution in [2.45, 2.75) is 50.9 Å². The lowest BCUT2D eigenvalue weighted by Crippen LogP contribution is -2.40. The van der Waals surface area contributed by atoms with Crippen molar-refractivity contribution in [3.63, 3.8) is 0 Å². The number of hydrogen-bond acceptors (Lipinski definition) is 5. The van der Waals surface area contributed by atoms with Crippen LogP contribution < -0.4 is 26.3 Å². The number of amides is 1. The quantitative estimate of drug-likeness (QED) is 0.474. The van der Waals surface area contributed by atoms with E-state index in [1.807, 2.05) is 54.6 Å². The molecule has 1 saturated carbocycles. The Hall–Kier alpha value is -3.35. The number of carbonyl (C=O) groups excluding carboxylic acids is 1. The fourth-order valence-electron chi connectivity index (χ4n) is 4.02. The van der Waals surface area contributed by atoms with Gasteiger partial charge in [0.25, 0.3) is 5.91 Å². The van der Waals surface area contributed by atoms with Gasteiger partial charge in [-0.3, -0.25) is 4.79 Å². The Morgan fingerprint density at radius 2 is 1.58 bits per heavy atom. The Morgan fingerprint density at radius 1 is 0.848 bits per heavy atom. The number of para-hydroxylation sites is 1. The van der Waals surface area contributed by atoms with Crippen LogP contribution in [0.2, 0.25) is 0 Å². The minimum Gasteiger partial charge on any atom is -0.489 e. The SMILES string of the molecule is NCc1cccc(COc2cc(Oc3ccccc3)cc(C(=O)NC3CCC(N)CC3)c2)c1. The molecule has 0 atom stereocenters. The summed E-state index contributed by atoms with van der Waals surface area (Å²) in [5.41, 5.74) is 14.3. The number of nitrogens with one attached hydrogen (secondary N) is 1. The van der Waals surface area contributed by atoms with Gasteiger partial charge in [0, 0.05) is 30.3 Å². The summed E-state index contributed by atoms with van der Waals surface area (Å²) in [6.45, 7) is 0.842. The molecule has 1 aliphatic rings. The van der Waals surface area contributed by atoms with Gasteiger partial charge in [-0.05, 0) is 61.1 Å². The van der Waals surface area contributed by atoms with E-state index in [1.54, 1.807) is 18.2 Å². The van der Waals surface area contributed by atoms with E-state index < -0.39 is 0 Å². The van der Waals surface area contributed by atoms with Crippen LogP contribution in [0.15, 0.2) is 72.8 Å². The van der Waals surface area contributed by atoms with Crippen LogP contribution in [0.25, 0.3) is 0 Å². The van der Waals surface area contributed by atoms with E-state index in [0.29, 0.717) is 36.0 Å². The maximum atomic E-state index is 13.0. The molecule has 3 aromatic rings. The van der Waals surface area contributed by atoms with Crippen molar-refractivity contribution in [1.29, 1.82) is 0 Å². The molecule has 0 unspecified atom stereocenters. The van der Waals surface area contributed by atoms with E-state index in [-0.39, 0.29) is 18.0 Å². The van der Waals surface area contributed by atoms with Crippen molar-refractivity contribution < 1.29 is 14.3 Å². The van der Waals surface area contributed by atoms with Crippen LogP contribution >= 0.6 is 0 Å². The molecule has 0 radical (unpaired) electrons. The van der Waals surface area contributed by atoms with Gasteiger partial charge in [0.1, 0.15) is 23.9 Å².